The number of carbonyl (C=O) groups is 2. The third-order valence-corrected chi connectivity index (χ3v) is 4.36. The number of amides is 2. The van der Waals surface area contributed by atoms with Gasteiger partial charge in [-0.3, -0.25) is 14.5 Å². The number of rotatable bonds is 9. The van der Waals surface area contributed by atoms with Crippen molar-refractivity contribution in [3.05, 3.63) is 59.7 Å². The van der Waals surface area contributed by atoms with Crippen LogP contribution < -0.4 is 15.4 Å². The number of hydrogen-bond donors (Lipinski definition) is 2. The highest BCUT2D eigenvalue weighted by atomic mass is 19.1. The number of likely N-dealkylation sites (N-methyl/N-ethyl adjacent to an activating group) is 1. The maximum absolute atomic E-state index is 13.8. The van der Waals surface area contributed by atoms with Crippen LogP contribution in [0.15, 0.2) is 42.5 Å². The van der Waals surface area contributed by atoms with Gasteiger partial charge in [0.25, 0.3) is 0 Å². The summed E-state index contributed by atoms with van der Waals surface area (Å²) in [5, 5.41) is 5.43. The minimum Gasteiger partial charge on any atom is -0.497 e. The van der Waals surface area contributed by atoms with Crippen molar-refractivity contribution in [2.45, 2.75) is 19.9 Å². The van der Waals surface area contributed by atoms with Gasteiger partial charge in [0.05, 0.1) is 26.2 Å². The lowest BCUT2D eigenvalue weighted by Gasteiger charge is -2.21. The van der Waals surface area contributed by atoms with Gasteiger partial charge < -0.3 is 15.4 Å². The van der Waals surface area contributed by atoms with Gasteiger partial charge in [0, 0.05) is 17.3 Å². The quantitative estimate of drug-likeness (QED) is 0.673. The number of anilines is 1. The molecular weight excluding hydrogens is 380 g/mol. The molecule has 156 valence electrons. The topological polar surface area (TPSA) is 70.7 Å². The number of nitrogens with one attached hydrogen (secondary N) is 2. The highest BCUT2D eigenvalue weighted by Gasteiger charge is 2.17. The predicted octanol–water partition coefficient (Wildman–Crippen LogP) is 3.11. The second-order valence-corrected chi connectivity index (χ2v) is 6.53. The Morgan fingerprint density at radius 1 is 1.07 bits per heavy atom. The van der Waals surface area contributed by atoms with E-state index in [-0.39, 0.29) is 30.5 Å². The molecule has 0 aliphatic carbocycles. The van der Waals surface area contributed by atoms with Crippen LogP contribution >= 0.6 is 0 Å². The molecule has 2 aromatic rings. The van der Waals surface area contributed by atoms with Gasteiger partial charge in [-0.05, 0) is 43.8 Å². The fourth-order valence-corrected chi connectivity index (χ4v) is 2.78. The smallest absolute Gasteiger partial charge is 0.238 e. The molecule has 29 heavy (non-hydrogen) atoms. The van der Waals surface area contributed by atoms with Gasteiger partial charge in [0.15, 0.2) is 0 Å². The lowest BCUT2D eigenvalue weighted by molar-refractivity contribution is -0.123. The number of hydrogen-bond acceptors (Lipinski definition) is 4. The Morgan fingerprint density at radius 2 is 1.72 bits per heavy atom. The first kappa shape index (κ1) is 22.3. The minimum absolute atomic E-state index is 0.0231. The van der Waals surface area contributed by atoms with Crippen molar-refractivity contribution >= 4 is 17.5 Å². The second kappa shape index (κ2) is 10.5. The van der Waals surface area contributed by atoms with E-state index in [1.165, 1.54) is 6.07 Å². The number of methoxy groups -OCH3 is 1. The Morgan fingerprint density at radius 3 is 2.31 bits per heavy atom. The molecule has 0 bridgehead atoms. The van der Waals surface area contributed by atoms with Gasteiger partial charge in [0.2, 0.25) is 11.8 Å². The van der Waals surface area contributed by atoms with Crippen LogP contribution in [-0.2, 0) is 9.59 Å². The molecule has 0 heterocycles. The van der Waals surface area contributed by atoms with E-state index in [9.17, 15) is 18.4 Å². The van der Waals surface area contributed by atoms with Crippen LogP contribution in [0.1, 0.15) is 25.5 Å². The summed E-state index contributed by atoms with van der Waals surface area (Å²) in [6.45, 7) is 3.91. The maximum Gasteiger partial charge on any atom is 0.238 e. The number of carbonyl (C=O) groups excluding carboxylic acids is 2. The molecule has 2 aromatic carbocycles. The molecule has 8 heteroatoms. The average molecular weight is 405 g/mol. The summed E-state index contributed by atoms with van der Waals surface area (Å²) in [5.74, 6) is -1.34. The summed E-state index contributed by atoms with van der Waals surface area (Å²) >= 11 is 0. The Kier molecular flexibility index (Phi) is 8.09. The molecule has 2 N–H and O–H groups in total. The van der Waals surface area contributed by atoms with Crippen LogP contribution in [0.3, 0.4) is 0 Å². The van der Waals surface area contributed by atoms with Gasteiger partial charge in [-0.1, -0.05) is 13.0 Å². The summed E-state index contributed by atoms with van der Waals surface area (Å²) in [7, 11) is 1.56. The highest BCUT2D eigenvalue weighted by Crippen LogP contribution is 2.18. The van der Waals surface area contributed by atoms with Crippen LogP contribution in [0, 0.1) is 11.6 Å². The van der Waals surface area contributed by atoms with Gasteiger partial charge in [0.1, 0.15) is 17.4 Å². The van der Waals surface area contributed by atoms with Crippen LogP contribution in [-0.4, -0.2) is 43.5 Å². The minimum atomic E-state index is -0.719. The molecule has 0 saturated heterocycles. The van der Waals surface area contributed by atoms with Crippen molar-refractivity contribution in [1.82, 2.24) is 10.2 Å². The van der Waals surface area contributed by atoms with E-state index in [0.717, 1.165) is 12.1 Å². The number of ether oxygens (including phenoxy) is 1. The fraction of sp³-hybridized carbons (Fsp3) is 0.333. The zero-order chi connectivity index (χ0) is 21.4. The first-order chi connectivity index (χ1) is 13.8. The van der Waals surface area contributed by atoms with Crippen molar-refractivity contribution < 1.29 is 23.1 Å². The zero-order valence-corrected chi connectivity index (χ0v) is 16.7. The van der Waals surface area contributed by atoms with E-state index in [4.69, 9.17) is 4.74 Å². The number of benzene rings is 2. The average Bonchev–Trinajstić information content (AvgIpc) is 2.67. The SMILES string of the molecule is CCN(CC(=O)Nc1ccc(OC)cc1)CC(=O)N[C@@H](C)c1ccc(F)cc1F. The summed E-state index contributed by atoms with van der Waals surface area (Å²) in [6.07, 6.45) is 0. The van der Waals surface area contributed by atoms with Crippen LogP contribution in [0.5, 0.6) is 5.75 Å². The first-order valence-electron chi connectivity index (χ1n) is 9.23. The molecule has 1 atom stereocenters. The van der Waals surface area contributed by atoms with Crippen molar-refractivity contribution in [2.75, 3.05) is 32.1 Å². The van der Waals surface area contributed by atoms with Crippen LogP contribution in [0.25, 0.3) is 0 Å². The summed E-state index contributed by atoms with van der Waals surface area (Å²) in [6, 6.07) is 9.50. The lowest BCUT2D eigenvalue weighted by Crippen LogP contribution is -2.41. The van der Waals surface area contributed by atoms with Gasteiger partial charge >= 0.3 is 0 Å². The van der Waals surface area contributed by atoms with Crippen LogP contribution in [0.2, 0.25) is 0 Å². The Hall–Kier alpha value is -3.00. The highest BCUT2D eigenvalue weighted by molar-refractivity contribution is 5.92. The molecule has 6 nitrogen and oxygen atoms in total. The molecule has 2 rings (SSSR count). The molecule has 0 aromatic heterocycles. The normalized spacial score (nSPS) is 11.8. The van der Waals surface area contributed by atoms with Crippen LogP contribution in [0.4, 0.5) is 14.5 Å². The lowest BCUT2D eigenvalue weighted by atomic mass is 10.1. The Balaban J connectivity index is 1.87. The first-order valence-corrected chi connectivity index (χ1v) is 9.23. The van der Waals surface area contributed by atoms with Crippen molar-refractivity contribution in [3.63, 3.8) is 0 Å². The largest absolute Gasteiger partial charge is 0.497 e. The van der Waals surface area contributed by atoms with E-state index >= 15 is 0 Å². The molecule has 0 radical (unpaired) electrons. The molecule has 0 unspecified atom stereocenters. The Labute approximate surface area is 168 Å². The van der Waals surface area contributed by atoms with Gasteiger partial charge in [-0.2, -0.15) is 0 Å². The van der Waals surface area contributed by atoms with Gasteiger partial charge in [-0.25, -0.2) is 8.78 Å². The maximum atomic E-state index is 13.8. The van der Waals surface area contributed by atoms with Gasteiger partial charge in [-0.15, -0.1) is 0 Å². The molecule has 0 spiro atoms. The monoisotopic (exact) mass is 405 g/mol. The van der Waals surface area contributed by atoms with Crippen molar-refractivity contribution in [3.8, 4) is 5.75 Å². The summed E-state index contributed by atoms with van der Waals surface area (Å²) in [5.41, 5.74) is 0.816. The second-order valence-electron chi connectivity index (χ2n) is 6.53. The summed E-state index contributed by atoms with van der Waals surface area (Å²) in [4.78, 5) is 26.2. The predicted molar refractivity (Wildman–Crippen MR) is 107 cm³/mol. The third kappa shape index (κ3) is 6.83. The molecule has 0 fully saturated rings. The molecular formula is C21H25F2N3O3. The molecule has 2 amide bonds. The fourth-order valence-electron chi connectivity index (χ4n) is 2.78. The van der Waals surface area contributed by atoms with Crippen molar-refractivity contribution in [1.29, 1.82) is 0 Å². The van der Waals surface area contributed by atoms with E-state index < -0.39 is 17.7 Å². The number of halogens is 2. The Bertz CT molecular complexity index is 844. The van der Waals surface area contributed by atoms with Crippen molar-refractivity contribution in [2.24, 2.45) is 0 Å². The standard InChI is InChI=1S/C21H25F2N3O3/c1-4-26(13-21(28)25-16-6-8-17(29-3)9-7-16)12-20(27)24-14(2)18-10-5-15(22)11-19(18)23/h5-11,14H,4,12-13H2,1-3H3,(H,24,27)(H,25,28)/t14-/m0/s1. The third-order valence-electron chi connectivity index (χ3n) is 4.36. The molecule has 0 aliphatic rings. The van der Waals surface area contributed by atoms with E-state index in [1.54, 1.807) is 43.2 Å². The molecule has 0 saturated carbocycles. The number of nitrogens with zero attached hydrogens (tertiary/aromatic N) is 1. The van der Waals surface area contributed by atoms with E-state index in [1.807, 2.05) is 6.92 Å². The zero-order valence-electron chi connectivity index (χ0n) is 16.7. The molecule has 0 aliphatic heterocycles. The van der Waals surface area contributed by atoms with E-state index in [2.05, 4.69) is 10.6 Å². The summed E-state index contributed by atoms with van der Waals surface area (Å²) < 4.78 is 31.9. The van der Waals surface area contributed by atoms with E-state index in [0.29, 0.717) is 18.0 Å².